The van der Waals surface area contributed by atoms with Crippen LogP contribution in [0.15, 0.2) is 48.5 Å². The highest BCUT2D eigenvalue weighted by Crippen LogP contribution is 2.47. The Bertz CT molecular complexity index is 786. The van der Waals surface area contributed by atoms with Crippen LogP contribution in [0.3, 0.4) is 0 Å². The largest absolute Gasteiger partial charge is 0.497 e. The first-order valence-corrected chi connectivity index (χ1v) is 8.02. The van der Waals surface area contributed by atoms with Gasteiger partial charge < -0.3 is 15.4 Å². The molecule has 1 aliphatic carbocycles. The van der Waals surface area contributed by atoms with E-state index in [1.54, 1.807) is 37.4 Å². The minimum atomic E-state index is -0.736. The average molecular weight is 342 g/mol. The van der Waals surface area contributed by atoms with Gasteiger partial charge in [-0.2, -0.15) is 0 Å². The van der Waals surface area contributed by atoms with Crippen molar-refractivity contribution >= 4 is 17.5 Å². The van der Waals surface area contributed by atoms with Gasteiger partial charge >= 0.3 is 11.8 Å². The third-order valence-corrected chi connectivity index (χ3v) is 4.43. The van der Waals surface area contributed by atoms with E-state index in [1.807, 2.05) is 6.07 Å². The Morgan fingerprint density at radius 3 is 2.44 bits per heavy atom. The molecule has 0 radical (unpaired) electrons. The molecule has 0 aromatic heterocycles. The topological polar surface area (TPSA) is 67.4 Å². The standard InChI is InChI=1S/C19H19FN2O3/c1-25-16-7-5-15(6-8-16)22-18(24)17(23)21-12-19(9-10-19)13-3-2-4-14(20)11-13/h2-8,11H,9-10,12H2,1H3,(H,21,23)(H,22,24). The highest BCUT2D eigenvalue weighted by molar-refractivity contribution is 6.39. The lowest BCUT2D eigenvalue weighted by Crippen LogP contribution is -2.39. The molecule has 2 N–H and O–H groups in total. The van der Waals surface area contributed by atoms with E-state index in [4.69, 9.17) is 4.74 Å². The number of halogens is 1. The summed E-state index contributed by atoms with van der Waals surface area (Å²) in [4.78, 5) is 24.0. The first-order valence-electron chi connectivity index (χ1n) is 8.02. The molecule has 0 heterocycles. The van der Waals surface area contributed by atoms with Crippen molar-refractivity contribution in [2.45, 2.75) is 18.3 Å². The van der Waals surface area contributed by atoms with E-state index in [1.165, 1.54) is 12.1 Å². The number of anilines is 1. The lowest BCUT2D eigenvalue weighted by molar-refractivity contribution is -0.136. The van der Waals surface area contributed by atoms with Gasteiger partial charge in [-0.1, -0.05) is 12.1 Å². The van der Waals surface area contributed by atoms with E-state index in [0.717, 1.165) is 18.4 Å². The van der Waals surface area contributed by atoms with E-state index >= 15 is 0 Å². The number of hydrogen-bond acceptors (Lipinski definition) is 3. The third kappa shape index (κ3) is 3.96. The lowest BCUT2D eigenvalue weighted by Gasteiger charge is -2.16. The van der Waals surface area contributed by atoms with E-state index in [0.29, 0.717) is 18.0 Å². The van der Waals surface area contributed by atoms with Crippen LogP contribution in [0.25, 0.3) is 0 Å². The fourth-order valence-electron chi connectivity index (χ4n) is 2.73. The number of amides is 2. The second kappa shape index (κ2) is 6.93. The molecular weight excluding hydrogens is 323 g/mol. The molecule has 130 valence electrons. The fourth-order valence-corrected chi connectivity index (χ4v) is 2.73. The van der Waals surface area contributed by atoms with E-state index < -0.39 is 11.8 Å². The van der Waals surface area contributed by atoms with Crippen LogP contribution in [-0.2, 0) is 15.0 Å². The highest BCUT2D eigenvalue weighted by Gasteiger charge is 2.44. The van der Waals surface area contributed by atoms with Crippen LogP contribution in [0.1, 0.15) is 18.4 Å². The van der Waals surface area contributed by atoms with Gasteiger partial charge in [0.2, 0.25) is 0 Å². The molecule has 1 saturated carbocycles. The summed E-state index contributed by atoms with van der Waals surface area (Å²) in [6, 6.07) is 13.1. The Balaban J connectivity index is 1.56. The van der Waals surface area contributed by atoms with Gasteiger partial charge in [-0.25, -0.2) is 4.39 Å². The molecule has 5 nitrogen and oxygen atoms in total. The molecule has 1 fully saturated rings. The predicted octanol–water partition coefficient (Wildman–Crippen LogP) is 2.62. The highest BCUT2D eigenvalue weighted by atomic mass is 19.1. The molecule has 2 aromatic rings. The SMILES string of the molecule is COc1ccc(NC(=O)C(=O)NCC2(c3cccc(F)c3)CC2)cc1. The lowest BCUT2D eigenvalue weighted by atomic mass is 9.96. The van der Waals surface area contributed by atoms with Crippen LogP contribution in [0.2, 0.25) is 0 Å². The summed E-state index contributed by atoms with van der Waals surface area (Å²) in [7, 11) is 1.55. The molecule has 0 spiro atoms. The van der Waals surface area contributed by atoms with Crippen molar-refractivity contribution in [1.82, 2.24) is 5.32 Å². The van der Waals surface area contributed by atoms with Crippen LogP contribution in [-0.4, -0.2) is 25.5 Å². The Kier molecular flexibility index (Phi) is 4.70. The van der Waals surface area contributed by atoms with Gasteiger partial charge in [0, 0.05) is 17.6 Å². The van der Waals surface area contributed by atoms with Crippen molar-refractivity contribution in [3.8, 4) is 5.75 Å². The zero-order valence-corrected chi connectivity index (χ0v) is 13.8. The average Bonchev–Trinajstić information content (AvgIpc) is 3.41. The number of carbonyl (C=O) groups excluding carboxylic acids is 2. The molecule has 2 amide bonds. The molecule has 0 saturated heterocycles. The van der Waals surface area contributed by atoms with E-state index in [-0.39, 0.29) is 11.2 Å². The number of nitrogens with one attached hydrogen (secondary N) is 2. The van der Waals surface area contributed by atoms with Crippen LogP contribution >= 0.6 is 0 Å². The quantitative estimate of drug-likeness (QED) is 0.821. The fraction of sp³-hybridized carbons (Fsp3) is 0.263. The van der Waals surface area contributed by atoms with Crippen molar-refractivity contribution in [2.24, 2.45) is 0 Å². The summed E-state index contributed by atoms with van der Waals surface area (Å²) in [5.74, 6) is -1.08. The van der Waals surface area contributed by atoms with E-state index in [9.17, 15) is 14.0 Å². The van der Waals surface area contributed by atoms with Crippen LogP contribution in [0, 0.1) is 5.82 Å². The summed E-state index contributed by atoms with van der Waals surface area (Å²) < 4.78 is 18.4. The zero-order chi connectivity index (χ0) is 17.9. The number of rotatable bonds is 5. The molecule has 1 aliphatic rings. The van der Waals surface area contributed by atoms with Crippen molar-refractivity contribution in [2.75, 3.05) is 19.0 Å². The Labute approximate surface area is 145 Å². The Morgan fingerprint density at radius 1 is 1.12 bits per heavy atom. The van der Waals surface area contributed by atoms with Gasteiger partial charge in [0.25, 0.3) is 0 Å². The summed E-state index contributed by atoms with van der Waals surface area (Å²) in [5.41, 5.74) is 1.09. The van der Waals surface area contributed by atoms with Crippen molar-refractivity contribution in [3.63, 3.8) is 0 Å². The summed E-state index contributed by atoms with van der Waals surface area (Å²) in [6.07, 6.45) is 1.72. The van der Waals surface area contributed by atoms with Gasteiger partial charge in [-0.15, -0.1) is 0 Å². The minimum absolute atomic E-state index is 0.266. The molecule has 0 atom stereocenters. The maximum absolute atomic E-state index is 13.4. The van der Waals surface area contributed by atoms with Gasteiger partial charge in [-0.05, 0) is 54.8 Å². The Morgan fingerprint density at radius 2 is 1.84 bits per heavy atom. The third-order valence-electron chi connectivity index (χ3n) is 4.43. The smallest absolute Gasteiger partial charge is 0.313 e. The van der Waals surface area contributed by atoms with Crippen molar-refractivity contribution in [3.05, 3.63) is 59.9 Å². The second-order valence-corrected chi connectivity index (χ2v) is 6.16. The molecule has 3 rings (SSSR count). The van der Waals surface area contributed by atoms with Crippen molar-refractivity contribution in [1.29, 1.82) is 0 Å². The zero-order valence-electron chi connectivity index (χ0n) is 13.8. The van der Waals surface area contributed by atoms with E-state index in [2.05, 4.69) is 10.6 Å². The molecule has 0 aliphatic heterocycles. The molecule has 0 unspecified atom stereocenters. The van der Waals surface area contributed by atoms with Gasteiger partial charge in [-0.3, -0.25) is 9.59 Å². The maximum Gasteiger partial charge on any atom is 0.313 e. The number of carbonyl (C=O) groups is 2. The molecule has 0 bridgehead atoms. The van der Waals surface area contributed by atoms with Gasteiger partial charge in [0.1, 0.15) is 11.6 Å². The first kappa shape index (κ1) is 17.0. The Hall–Kier alpha value is -2.89. The first-order chi connectivity index (χ1) is 12.0. The predicted molar refractivity (Wildman–Crippen MR) is 91.9 cm³/mol. The summed E-state index contributed by atoms with van der Waals surface area (Å²) in [6.45, 7) is 0.311. The minimum Gasteiger partial charge on any atom is -0.497 e. The maximum atomic E-state index is 13.4. The monoisotopic (exact) mass is 342 g/mol. The number of benzene rings is 2. The van der Waals surface area contributed by atoms with Crippen LogP contribution in [0.4, 0.5) is 10.1 Å². The number of methoxy groups -OCH3 is 1. The van der Waals surface area contributed by atoms with Crippen molar-refractivity contribution < 1.29 is 18.7 Å². The number of hydrogen-bond donors (Lipinski definition) is 2. The normalized spacial score (nSPS) is 14.5. The molecule has 25 heavy (non-hydrogen) atoms. The van der Waals surface area contributed by atoms with Gasteiger partial charge in [0.15, 0.2) is 0 Å². The van der Waals surface area contributed by atoms with Crippen LogP contribution < -0.4 is 15.4 Å². The summed E-state index contributed by atoms with van der Waals surface area (Å²) in [5, 5.41) is 5.18. The number of ether oxygens (including phenoxy) is 1. The summed E-state index contributed by atoms with van der Waals surface area (Å²) >= 11 is 0. The molecule has 6 heteroatoms. The van der Waals surface area contributed by atoms with Crippen LogP contribution in [0.5, 0.6) is 5.75 Å². The second-order valence-electron chi connectivity index (χ2n) is 6.16. The molecule has 2 aromatic carbocycles. The van der Waals surface area contributed by atoms with Gasteiger partial charge in [0.05, 0.1) is 7.11 Å². The molecular formula is C19H19FN2O3.